The maximum atomic E-state index is 11.5. The first-order chi connectivity index (χ1) is 10.9. The van der Waals surface area contributed by atoms with Crippen molar-refractivity contribution in [3.8, 4) is 5.75 Å². The van der Waals surface area contributed by atoms with Gasteiger partial charge in [-0.1, -0.05) is 22.9 Å². The Hall–Kier alpha value is -2.09. The molecule has 2 N–H and O–H groups in total. The van der Waals surface area contributed by atoms with Crippen molar-refractivity contribution in [2.24, 2.45) is 0 Å². The van der Waals surface area contributed by atoms with E-state index in [1.54, 1.807) is 24.3 Å². The lowest BCUT2D eigenvalue weighted by atomic mass is 10.3. The number of esters is 1. The molecule has 1 aromatic carbocycles. The molecule has 1 aromatic rings. The second kappa shape index (κ2) is 9.83. The first-order valence-corrected chi connectivity index (χ1v) is 7.84. The highest BCUT2D eigenvalue weighted by Crippen LogP contribution is 2.15. The number of nitrogens with one attached hydrogen (secondary N) is 2. The minimum atomic E-state index is -0.706. The van der Waals surface area contributed by atoms with E-state index in [9.17, 15) is 14.4 Å². The van der Waals surface area contributed by atoms with Gasteiger partial charge in [-0.15, -0.1) is 0 Å². The molecule has 1 atom stereocenters. The Morgan fingerprint density at radius 2 is 1.83 bits per heavy atom. The summed E-state index contributed by atoms with van der Waals surface area (Å²) in [6.45, 7) is 2.84. The number of amides is 3. The van der Waals surface area contributed by atoms with Crippen LogP contribution >= 0.6 is 15.9 Å². The molecule has 0 saturated heterocycles. The number of urea groups is 1. The molecule has 0 fully saturated rings. The first-order valence-electron chi connectivity index (χ1n) is 7.05. The van der Waals surface area contributed by atoms with E-state index in [0.29, 0.717) is 5.75 Å². The highest BCUT2D eigenvalue weighted by Gasteiger charge is 2.12. The van der Waals surface area contributed by atoms with Gasteiger partial charge in [-0.3, -0.25) is 10.1 Å². The van der Waals surface area contributed by atoms with E-state index < -0.39 is 24.5 Å². The van der Waals surface area contributed by atoms with Crippen molar-refractivity contribution < 1.29 is 23.9 Å². The maximum Gasteiger partial charge on any atom is 0.344 e. The van der Waals surface area contributed by atoms with Crippen LogP contribution in [0, 0.1) is 0 Å². The predicted molar refractivity (Wildman–Crippen MR) is 87.0 cm³/mol. The zero-order valence-corrected chi connectivity index (χ0v) is 14.5. The Kier molecular flexibility index (Phi) is 8.10. The molecular formula is C15H19BrN2O5. The molecule has 0 aromatic heterocycles. The van der Waals surface area contributed by atoms with Gasteiger partial charge in [0.2, 0.25) is 0 Å². The number of rotatable bonds is 7. The lowest BCUT2D eigenvalue weighted by Crippen LogP contribution is -2.44. The van der Waals surface area contributed by atoms with Crippen molar-refractivity contribution in [3.05, 3.63) is 28.7 Å². The zero-order valence-electron chi connectivity index (χ0n) is 12.9. The topological polar surface area (TPSA) is 93.7 Å². The van der Waals surface area contributed by atoms with E-state index in [2.05, 4.69) is 26.6 Å². The Morgan fingerprint density at radius 1 is 1.17 bits per heavy atom. The summed E-state index contributed by atoms with van der Waals surface area (Å²) in [6.07, 6.45) is 0.740. The molecule has 23 heavy (non-hydrogen) atoms. The van der Waals surface area contributed by atoms with Gasteiger partial charge in [0.15, 0.2) is 13.2 Å². The van der Waals surface area contributed by atoms with Gasteiger partial charge in [-0.25, -0.2) is 9.59 Å². The van der Waals surface area contributed by atoms with Crippen LogP contribution in [0.15, 0.2) is 28.7 Å². The summed E-state index contributed by atoms with van der Waals surface area (Å²) in [5, 5.41) is 4.63. The number of carbonyl (C=O) groups is 3. The van der Waals surface area contributed by atoms with Gasteiger partial charge >= 0.3 is 12.0 Å². The van der Waals surface area contributed by atoms with Gasteiger partial charge in [-0.05, 0) is 37.6 Å². The first kappa shape index (κ1) is 19.0. The van der Waals surface area contributed by atoms with E-state index in [1.807, 2.05) is 13.8 Å². The smallest absolute Gasteiger partial charge is 0.344 e. The van der Waals surface area contributed by atoms with Crippen molar-refractivity contribution in [3.63, 3.8) is 0 Å². The van der Waals surface area contributed by atoms with Gasteiger partial charge in [0.05, 0.1) is 0 Å². The Labute approximate surface area is 142 Å². The molecular weight excluding hydrogens is 368 g/mol. The number of ether oxygens (including phenoxy) is 2. The molecule has 0 aliphatic heterocycles. The third kappa shape index (κ3) is 8.20. The minimum absolute atomic E-state index is 0.0512. The van der Waals surface area contributed by atoms with Crippen molar-refractivity contribution in [2.75, 3.05) is 13.2 Å². The van der Waals surface area contributed by atoms with Crippen molar-refractivity contribution in [2.45, 2.75) is 26.3 Å². The number of carbonyl (C=O) groups excluding carboxylic acids is 3. The second-order valence-electron chi connectivity index (χ2n) is 4.73. The van der Waals surface area contributed by atoms with Crippen LogP contribution in [0.4, 0.5) is 4.79 Å². The van der Waals surface area contributed by atoms with E-state index in [0.717, 1.165) is 10.9 Å². The lowest BCUT2D eigenvalue weighted by molar-refractivity contribution is -0.150. The summed E-state index contributed by atoms with van der Waals surface area (Å²) in [4.78, 5) is 34.3. The predicted octanol–water partition coefficient (Wildman–Crippen LogP) is 2.00. The Balaban J connectivity index is 2.23. The van der Waals surface area contributed by atoms with Crippen LogP contribution in [0.1, 0.15) is 20.3 Å². The highest BCUT2D eigenvalue weighted by atomic mass is 79.9. The van der Waals surface area contributed by atoms with Gasteiger partial charge in [-0.2, -0.15) is 0 Å². The fourth-order valence-electron chi connectivity index (χ4n) is 1.39. The molecule has 7 nitrogen and oxygen atoms in total. The molecule has 0 unspecified atom stereocenters. The molecule has 0 saturated carbocycles. The van der Waals surface area contributed by atoms with Gasteiger partial charge < -0.3 is 14.8 Å². The Morgan fingerprint density at radius 3 is 2.43 bits per heavy atom. The second-order valence-corrected chi connectivity index (χ2v) is 5.65. The highest BCUT2D eigenvalue weighted by molar-refractivity contribution is 9.10. The molecule has 0 heterocycles. The van der Waals surface area contributed by atoms with Crippen LogP contribution < -0.4 is 15.4 Å². The fourth-order valence-corrected chi connectivity index (χ4v) is 1.65. The number of hydrogen-bond acceptors (Lipinski definition) is 5. The number of imide groups is 1. The molecule has 8 heteroatoms. The van der Waals surface area contributed by atoms with Crippen LogP contribution in [0.5, 0.6) is 5.75 Å². The third-order valence-corrected chi connectivity index (χ3v) is 3.31. The average Bonchev–Trinajstić information content (AvgIpc) is 2.52. The summed E-state index contributed by atoms with van der Waals surface area (Å²) in [7, 11) is 0. The molecule has 0 bridgehead atoms. The van der Waals surface area contributed by atoms with E-state index in [-0.39, 0.29) is 12.6 Å². The lowest BCUT2D eigenvalue weighted by Gasteiger charge is -2.12. The van der Waals surface area contributed by atoms with Gasteiger partial charge in [0.25, 0.3) is 5.91 Å². The summed E-state index contributed by atoms with van der Waals surface area (Å²) in [5.74, 6) is -0.907. The quantitative estimate of drug-likeness (QED) is 0.698. The fraction of sp³-hybridized carbons (Fsp3) is 0.400. The van der Waals surface area contributed by atoms with Crippen LogP contribution in [-0.4, -0.2) is 37.2 Å². The largest absolute Gasteiger partial charge is 0.482 e. The molecule has 0 aliphatic rings. The number of benzene rings is 1. The molecule has 126 valence electrons. The van der Waals surface area contributed by atoms with Crippen LogP contribution in [0.3, 0.4) is 0 Å². The monoisotopic (exact) mass is 386 g/mol. The van der Waals surface area contributed by atoms with E-state index in [1.165, 1.54) is 0 Å². The van der Waals surface area contributed by atoms with E-state index >= 15 is 0 Å². The summed E-state index contributed by atoms with van der Waals surface area (Å²) in [6, 6.07) is 6.23. The van der Waals surface area contributed by atoms with Crippen molar-refractivity contribution in [1.29, 1.82) is 0 Å². The minimum Gasteiger partial charge on any atom is -0.482 e. The molecule has 0 aliphatic carbocycles. The average molecular weight is 387 g/mol. The Bertz CT molecular complexity index is 547. The summed E-state index contributed by atoms with van der Waals surface area (Å²) < 4.78 is 10.8. The zero-order chi connectivity index (χ0) is 17.2. The van der Waals surface area contributed by atoms with Gasteiger partial charge in [0, 0.05) is 10.5 Å². The number of hydrogen-bond donors (Lipinski definition) is 2. The normalized spacial score (nSPS) is 11.3. The standard InChI is InChI=1S/C15H19BrN2O5/c1-3-10(2)17-15(21)18-13(19)8-23-14(20)9-22-12-6-4-11(16)5-7-12/h4-7,10H,3,8-9H2,1-2H3,(H2,17,18,19,21)/t10-/m0/s1. The third-order valence-electron chi connectivity index (χ3n) is 2.78. The summed E-state index contributed by atoms with van der Waals surface area (Å²) in [5.41, 5.74) is 0. The number of halogens is 1. The SMILES string of the molecule is CC[C@H](C)NC(=O)NC(=O)COC(=O)COc1ccc(Br)cc1. The van der Waals surface area contributed by atoms with E-state index in [4.69, 9.17) is 9.47 Å². The van der Waals surface area contributed by atoms with Crippen LogP contribution in [0.2, 0.25) is 0 Å². The van der Waals surface area contributed by atoms with Crippen molar-refractivity contribution >= 4 is 33.8 Å². The molecule has 1 rings (SSSR count). The van der Waals surface area contributed by atoms with Crippen molar-refractivity contribution in [1.82, 2.24) is 10.6 Å². The molecule has 3 amide bonds. The molecule has 0 spiro atoms. The molecule has 0 radical (unpaired) electrons. The summed E-state index contributed by atoms with van der Waals surface area (Å²) >= 11 is 3.28. The van der Waals surface area contributed by atoms with Gasteiger partial charge in [0.1, 0.15) is 5.75 Å². The van der Waals surface area contributed by atoms with Crippen LogP contribution in [-0.2, 0) is 14.3 Å². The van der Waals surface area contributed by atoms with Crippen LogP contribution in [0.25, 0.3) is 0 Å². The maximum absolute atomic E-state index is 11.5.